The van der Waals surface area contributed by atoms with Crippen LogP contribution in [-0.4, -0.2) is 18.1 Å². The Kier molecular flexibility index (Phi) is 1.66. The van der Waals surface area contributed by atoms with E-state index < -0.39 is 12.1 Å². The van der Waals surface area contributed by atoms with E-state index in [4.69, 9.17) is 0 Å². The van der Waals surface area contributed by atoms with Gasteiger partial charge in [-0.05, 0) is 0 Å². The second-order valence-electron chi connectivity index (χ2n) is 1.48. The number of halogens is 1. The fourth-order valence-electron chi connectivity index (χ4n) is 0.450. The summed E-state index contributed by atoms with van der Waals surface area (Å²) in [6.45, 7) is 0. The van der Waals surface area contributed by atoms with Crippen LogP contribution in [0, 0.1) is 6.14 Å². The molecule has 0 atom stereocenters. The number of ether oxygens (including phenoxy) is 1. The first-order valence-corrected chi connectivity index (χ1v) is 2.43. The normalized spacial score (nSPS) is 9.40. The number of nitrogens with zero attached hydrogens (tertiary/aromatic N) is 1. The lowest BCUT2D eigenvalue weighted by Crippen LogP contribution is -2.00. The molecule has 0 radical (unpaired) electrons. The highest BCUT2D eigenvalue weighted by Crippen LogP contribution is 2.00. The van der Waals surface area contributed by atoms with Crippen LogP contribution in [0.2, 0.25) is 0 Å². The van der Waals surface area contributed by atoms with E-state index in [0.717, 1.165) is 6.26 Å². The second kappa shape index (κ2) is 2.47. The Balaban J connectivity index is 2.85. The van der Waals surface area contributed by atoms with Crippen molar-refractivity contribution in [3.05, 3.63) is 18.1 Å². The minimum atomic E-state index is -1.04. The largest absolute Gasteiger partial charge is 0.464 e. The molecule has 1 aromatic heterocycles. The highest BCUT2D eigenvalue weighted by molar-refractivity contribution is 5.86. The summed E-state index contributed by atoms with van der Waals surface area (Å²) in [5.74, 6) is -0.715. The van der Waals surface area contributed by atoms with Gasteiger partial charge in [-0.25, -0.2) is 4.79 Å². The van der Waals surface area contributed by atoms with Crippen LogP contribution in [-0.2, 0) is 4.74 Å². The van der Waals surface area contributed by atoms with Crippen LogP contribution >= 0.6 is 0 Å². The first kappa shape index (κ1) is 6.73. The first-order chi connectivity index (χ1) is 4.74. The summed E-state index contributed by atoms with van der Waals surface area (Å²) in [4.78, 5) is 13.6. The number of hydrogen-bond acceptors (Lipinski definition) is 4. The number of esters is 1. The van der Waals surface area contributed by atoms with Crippen molar-refractivity contribution in [2.45, 2.75) is 0 Å². The number of rotatable bonds is 1. The molecule has 0 aliphatic carbocycles. The summed E-state index contributed by atoms with van der Waals surface area (Å²) in [5, 5.41) is 0. The van der Waals surface area contributed by atoms with Gasteiger partial charge in [-0.3, -0.25) is 0 Å². The molecule has 0 fully saturated rings. The molecule has 54 valence electrons. The van der Waals surface area contributed by atoms with Gasteiger partial charge < -0.3 is 9.15 Å². The number of methoxy groups -OCH3 is 1. The van der Waals surface area contributed by atoms with Gasteiger partial charge in [-0.15, -0.1) is 4.39 Å². The molecule has 1 heterocycles. The third-order valence-corrected chi connectivity index (χ3v) is 0.871. The number of oxazole rings is 1. The van der Waals surface area contributed by atoms with E-state index in [1.807, 2.05) is 0 Å². The molecule has 0 bridgehead atoms. The van der Waals surface area contributed by atoms with Crippen molar-refractivity contribution < 1.29 is 18.3 Å². The summed E-state index contributed by atoms with van der Waals surface area (Å²) < 4.78 is 20.3. The van der Waals surface area contributed by atoms with Crippen molar-refractivity contribution in [2.24, 2.45) is 0 Å². The van der Waals surface area contributed by atoms with Crippen molar-refractivity contribution in [3.8, 4) is 0 Å². The predicted molar refractivity (Wildman–Crippen MR) is 27.8 cm³/mol. The zero-order chi connectivity index (χ0) is 7.56. The van der Waals surface area contributed by atoms with E-state index in [-0.39, 0.29) is 5.69 Å². The molecule has 0 aliphatic heterocycles. The molecule has 4 nitrogen and oxygen atoms in total. The lowest BCUT2D eigenvalue weighted by Gasteiger charge is -1.88. The summed E-state index contributed by atoms with van der Waals surface area (Å²) in [5.41, 5.74) is -0.167. The van der Waals surface area contributed by atoms with Gasteiger partial charge in [0.25, 0.3) is 0 Å². The van der Waals surface area contributed by atoms with Crippen LogP contribution in [0.5, 0.6) is 0 Å². The average Bonchev–Trinajstić information content (AvgIpc) is 2.34. The van der Waals surface area contributed by atoms with Crippen LogP contribution in [0.1, 0.15) is 10.5 Å². The van der Waals surface area contributed by atoms with E-state index in [0.29, 0.717) is 0 Å². The molecule has 1 rings (SSSR count). The fraction of sp³-hybridized carbons (Fsp3) is 0.200. The van der Waals surface area contributed by atoms with Gasteiger partial charge in [0.1, 0.15) is 6.26 Å². The molecule has 0 N–H and O–H groups in total. The van der Waals surface area contributed by atoms with Crippen LogP contribution in [0.15, 0.2) is 10.7 Å². The van der Waals surface area contributed by atoms with Gasteiger partial charge in [-0.2, -0.15) is 4.98 Å². The second-order valence-corrected chi connectivity index (χ2v) is 1.48. The van der Waals surface area contributed by atoms with Gasteiger partial charge in [0.2, 0.25) is 0 Å². The zero-order valence-electron chi connectivity index (χ0n) is 5.13. The minimum Gasteiger partial charge on any atom is -0.464 e. The van der Waals surface area contributed by atoms with Gasteiger partial charge in [-0.1, -0.05) is 0 Å². The third kappa shape index (κ3) is 1.12. The fourth-order valence-corrected chi connectivity index (χ4v) is 0.450. The van der Waals surface area contributed by atoms with Crippen LogP contribution in [0.3, 0.4) is 0 Å². The van der Waals surface area contributed by atoms with E-state index in [2.05, 4.69) is 14.1 Å². The van der Waals surface area contributed by atoms with E-state index >= 15 is 0 Å². The lowest BCUT2D eigenvalue weighted by molar-refractivity contribution is 0.0593. The van der Waals surface area contributed by atoms with E-state index in [1.54, 1.807) is 0 Å². The molecule has 0 saturated carbocycles. The maximum absolute atomic E-state index is 11.9. The number of carbonyl (C=O) groups is 1. The molecule has 10 heavy (non-hydrogen) atoms. The minimum absolute atomic E-state index is 0.167. The molecule has 0 aromatic carbocycles. The van der Waals surface area contributed by atoms with E-state index in [9.17, 15) is 9.18 Å². The van der Waals surface area contributed by atoms with Crippen LogP contribution < -0.4 is 0 Å². The Bertz CT molecular complexity index is 245. The maximum atomic E-state index is 11.9. The number of carbonyl (C=O) groups excluding carboxylic acids is 1. The van der Waals surface area contributed by atoms with Crippen molar-refractivity contribution in [1.29, 1.82) is 0 Å². The van der Waals surface area contributed by atoms with Gasteiger partial charge in [0.05, 0.1) is 7.11 Å². The van der Waals surface area contributed by atoms with Gasteiger partial charge in [0, 0.05) is 0 Å². The SMILES string of the molecule is COC(=O)c1coc(F)n1. The topological polar surface area (TPSA) is 52.3 Å². The standard InChI is InChI=1S/C5H4FNO3/c1-9-4(8)3-2-10-5(6)7-3/h2H,1H3. The molecular formula is C5H4FNO3. The Morgan fingerprint density at radius 3 is 3.00 bits per heavy atom. The first-order valence-electron chi connectivity index (χ1n) is 2.43. The molecule has 0 unspecified atom stereocenters. The molecule has 0 aliphatic rings. The summed E-state index contributed by atoms with van der Waals surface area (Å²) in [7, 11) is 1.18. The zero-order valence-corrected chi connectivity index (χ0v) is 5.13. The molecule has 0 amide bonds. The van der Waals surface area contributed by atoms with E-state index in [1.165, 1.54) is 7.11 Å². The predicted octanol–water partition coefficient (Wildman–Crippen LogP) is 0.600. The maximum Gasteiger partial charge on any atom is 0.382 e. The number of aromatic nitrogens is 1. The van der Waals surface area contributed by atoms with Crippen LogP contribution in [0.4, 0.5) is 4.39 Å². The Morgan fingerprint density at radius 2 is 2.60 bits per heavy atom. The number of hydrogen-bond donors (Lipinski definition) is 0. The highest BCUT2D eigenvalue weighted by atomic mass is 19.1. The molecule has 5 heteroatoms. The molecular weight excluding hydrogens is 141 g/mol. The van der Waals surface area contributed by atoms with Gasteiger partial charge >= 0.3 is 12.1 Å². The Labute approximate surface area is 55.6 Å². The molecule has 0 saturated heterocycles. The summed E-state index contributed by atoms with van der Waals surface area (Å²) in [6.07, 6.45) is -0.151. The van der Waals surface area contributed by atoms with Crippen molar-refractivity contribution in [3.63, 3.8) is 0 Å². The third-order valence-electron chi connectivity index (χ3n) is 0.871. The quantitative estimate of drug-likeness (QED) is 0.543. The molecule has 1 aromatic rings. The van der Waals surface area contributed by atoms with Crippen LogP contribution in [0.25, 0.3) is 0 Å². The lowest BCUT2D eigenvalue weighted by atomic mass is 10.5. The monoisotopic (exact) mass is 145 g/mol. The smallest absolute Gasteiger partial charge is 0.382 e. The Hall–Kier alpha value is -1.39. The van der Waals surface area contributed by atoms with Gasteiger partial charge in [0.15, 0.2) is 5.69 Å². The summed E-state index contributed by atoms with van der Waals surface area (Å²) in [6, 6.07) is 0. The average molecular weight is 145 g/mol. The highest BCUT2D eigenvalue weighted by Gasteiger charge is 2.10. The summed E-state index contributed by atoms with van der Waals surface area (Å²) >= 11 is 0. The van der Waals surface area contributed by atoms with Crippen molar-refractivity contribution in [1.82, 2.24) is 4.98 Å². The molecule has 0 spiro atoms. The Morgan fingerprint density at radius 1 is 1.90 bits per heavy atom. The van der Waals surface area contributed by atoms with Crippen molar-refractivity contribution in [2.75, 3.05) is 7.11 Å². The van der Waals surface area contributed by atoms with Crippen molar-refractivity contribution >= 4 is 5.97 Å².